The maximum Gasteiger partial charge on any atom is 0.264 e. The van der Waals surface area contributed by atoms with Crippen LogP contribution in [0.4, 0.5) is 20.2 Å². The van der Waals surface area contributed by atoms with Crippen molar-refractivity contribution < 1.29 is 18.3 Å². The third kappa shape index (κ3) is 5.16. The van der Waals surface area contributed by atoms with E-state index < -0.39 is 6.43 Å². The molecule has 4 aromatic rings. The Hall–Kier alpha value is -3.56. The van der Waals surface area contributed by atoms with E-state index in [1.165, 1.54) is 5.56 Å². The molecule has 0 aliphatic carbocycles. The van der Waals surface area contributed by atoms with Gasteiger partial charge in [-0.2, -0.15) is 5.10 Å². The SMILES string of the molecule is Cc1cc2c(N3CCCc4cc(-c5cnn(C6CCCCO6)c5)c(C(F)F)cc43)cc(C3CCOCC3)cc2n(C)c1=O. The smallest absolute Gasteiger partial charge is 0.264 e. The molecule has 9 heteroatoms. The number of hydrogen-bond donors (Lipinski definition) is 0. The maximum absolute atomic E-state index is 14.8. The number of nitrogens with zero attached hydrogens (tertiary/aromatic N) is 4. The van der Waals surface area contributed by atoms with Gasteiger partial charge in [0.15, 0.2) is 0 Å². The minimum absolute atomic E-state index is 0.00299. The van der Waals surface area contributed by atoms with Gasteiger partial charge in [0.25, 0.3) is 12.0 Å². The van der Waals surface area contributed by atoms with Crippen molar-refractivity contribution in [2.24, 2.45) is 7.05 Å². The average Bonchev–Trinajstić information content (AvgIpc) is 3.54. The molecule has 1 atom stereocenters. The zero-order chi connectivity index (χ0) is 29.7. The number of anilines is 2. The molecule has 1 unspecified atom stereocenters. The quantitative estimate of drug-likeness (QED) is 0.244. The Balaban J connectivity index is 1.36. The largest absolute Gasteiger partial charge is 0.381 e. The molecule has 3 aliphatic rings. The summed E-state index contributed by atoms with van der Waals surface area (Å²) < 4.78 is 44.5. The summed E-state index contributed by atoms with van der Waals surface area (Å²) in [5.41, 5.74) is 6.70. The zero-order valence-electron chi connectivity index (χ0n) is 24.8. The van der Waals surface area contributed by atoms with E-state index in [4.69, 9.17) is 9.47 Å². The number of ether oxygens (including phenoxy) is 2. The number of fused-ring (bicyclic) bond motifs is 2. The first kappa shape index (κ1) is 28.2. The van der Waals surface area contributed by atoms with E-state index in [1.807, 2.05) is 32.3 Å². The molecule has 2 aromatic carbocycles. The molecule has 3 aliphatic heterocycles. The van der Waals surface area contributed by atoms with Crippen LogP contribution in [-0.4, -0.2) is 40.7 Å². The highest BCUT2D eigenvalue weighted by Crippen LogP contribution is 2.44. The number of halogens is 2. The molecule has 5 heterocycles. The highest BCUT2D eigenvalue weighted by molar-refractivity contribution is 5.96. The van der Waals surface area contributed by atoms with Crippen LogP contribution in [0.1, 0.15) is 79.3 Å². The Kier molecular flexibility index (Phi) is 7.55. The summed E-state index contributed by atoms with van der Waals surface area (Å²) in [6, 6.07) is 9.95. The van der Waals surface area contributed by atoms with Gasteiger partial charge in [-0.05, 0) is 105 Å². The van der Waals surface area contributed by atoms with Crippen molar-refractivity contribution >= 4 is 22.3 Å². The molecule has 226 valence electrons. The number of alkyl halides is 2. The van der Waals surface area contributed by atoms with E-state index in [0.29, 0.717) is 49.0 Å². The van der Waals surface area contributed by atoms with Crippen LogP contribution in [0, 0.1) is 6.92 Å². The monoisotopic (exact) mass is 588 g/mol. The van der Waals surface area contributed by atoms with Gasteiger partial charge in [-0.1, -0.05) is 0 Å². The van der Waals surface area contributed by atoms with Crippen LogP contribution in [0.3, 0.4) is 0 Å². The molecule has 0 saturated carbocycles. The van der Waals surface area contributed by atoms with Gasteiger partial charge in [-0.3, -0.25) is 4.79 Å². The first-order chi connectivity index (χ1) is 20.9. The minimum Gasteiger partial charge on any atom is -0.381 e. The standard InChI is InChI=1S/C34H38F2N4O3/c1-21-14-28-30(38(2)34(21)41)16-24(22-8-12-42-13-9-22)17-31(28)39-10-5-6-23-15-26(27(33(35)36)18-29(23)39)25-19-37-40(20-25)32-7-3-4-11-43-32/h14-20,22,32-33H,3-13H2,1-2H3. The Labute approximate surface area is 250 Å². The van der Waals surface area contributed by atoms with Crippen molar-refractivity contribution in [2.45, 2.75) is 70.4 Å². The van der Waals surface area contributed by atoms with Crippen LogP contribution in [0.2, 0.25) is 0 Å². The highest BCUT2D eigenvalue weighted by atomic mass is 19.3. The van der Waals surface area contributed by atoms with Gasteiger partial charge in [0.2, 0.25) is 0 Å². The van der Waals surface area contributed by atoms with Crippen molar-refractivity contribution in [3.05, 3.63) is 75.3 Å². The van der Waals surface area contributed by atoms with Crippen LogP contribution in [0.5, 0.6) is 0 Å². The third-order valence-electron chi connectivity index (χ3n) is 9.47. The van der Waals surface area contributed by atoms with Gasteiger partial charge in [-0.15, -0.1) is 0 Å². The molecule has 2 fully saturated rings. The molecule has 0 amide bonds. The summed E-state index contributed by atoms with van der Waals surface area (Å²) in [6.45, 7) is 4.65. The van der Waals surface area contributed by atoms with Crippen LogP contribution in [0.15, 0.2) is 47.5 Å². The van der Waals surface area contributed by atoms with E-state index in [9.17, 15) is 13.6 Å². The number of aryl methyl sites for hydroxylation is 3. The maximum atomic E-state index is 14.8. The van der Waals surface area contributed by atoms with Crippen molar-refractivity contribution in [1.82, 2.24) is 14.3 Å². The number of rotatable bonds is 5. The Morgan fingerprint density at radius 2 is 1.81 bits per heavy atom. The van der Waals surface area contributed by atoms with E-state index in [-0.39, 0.29) is 17.4 Å². The van der Waals surface area contributed by atoms with E-state index in [0.717, 1.165) is 72.8 Å². The van der Waals surface area contributed by atoms with E-state index >= 15 is 0 Å². The lowest BCUT2D eigenvalue weighted by atomic mass is 9.89. The van der Waals surface area contributed by atoms with Gasteiger partial charge < -0.3 is 18.9 Å². The number of benzene rings is 2. The van der Waals surface area contributed by atoms with Crippen LogP contribution in [0.25, 0.3) is 22.0 Å². The van der Waals surface area contributed by atoms with Crippen LogP contribution < -0.4 is 10.5 Å². The van der Waals surface area contributed by atoms with Crippen molar-refractivity contribution in [3.63, 3.8) is 0 Å². The molecular weight excluding hydrogens is 550 g/mol. The lowest BCUT2D eigenvalue weighted by Gasteiger charge is -2.34. The average molecular weight is 589 g/mol. The van der Waals surface area contributed by atoms with Gasteiger partial charge >= 0.3 is 0 Å². The fourth-order valence-corrected chi connectivity index (χ4v) is 7.11. The fourth-order valence-electron chi connectivity index (χ4n) is 7.11. The predicted octanol–water partition coefficient (Wildman–Crippen LogP) is 7.33. The topological polar surface area (TPSA) is 61.5 Å². The van der Waals surface area contributed by atoms with Gasteiger partial charge in [-0.25, -0.2) is 13.5 Å². The summed E-state index contributed by atoms with van der Waals surface area (Å²) >= 11 is 0. The summed E-state index contributed by atoms with van der Waals surface area (Å²) in [6.07, 6.45) is 7.22. The number of pyridine rings is 1. The first-order valence-electron chi connectivity index (χ1n) is 15.5. The van der Waals surface area contributed by atoms with E-state index in [1.54, 1.807) is 21.5 Å². The van der Waals surface area contributed by atoms with Gasteiger partial charge in [0, 0.05) is 67.4 Å². The molecule has 0 bridgehead atoms. The van der Waals surface area contributed by atoms with Crippen molar-refractivity contribution in [1.29, 1.82) is 0 Å². The second-order valence-corrected chi connectivity index (χ2v) is 12.2. The van der Waals surface area contributed by atoms with Crippen molar-refractivity contribution in [3.8, 4) is 11.1 Å². The molecule has 43 heavy (non-hydrogen) atoms. The minimum atomic E-state index is -2.65. The first-order valence-corrected chi connectivity index (χ1v) is 15.5. The molecule has 0 radical (unpaired) electrons. The zero-order valence-corrected chi connectivity index (χ0v) is 24.8. The summed E-state index contributed by atoms with van der Waals surface area (Å²) in [5.74, 6) is 0.321. The third-order valence-corrected chi connectivity index (χ3v) is 9.47. The van der Waals surface area contributed by atoms with Crippen molar-refractivity contribution in [2.75, 3.05) is 31.3 Å². The van der Waals surface area contributed by atoms with Gasteiger partial charge in [0.05, 0.1) is 17.4 Å². The molecule has 7 nitrogen and oxygen atoms in total. The molecule has 2 saturated heterocycles. The number of aromatic nitrogens is 3. The summed E-state index contributed by atoms with van der Waals surface area (Å²) in [7, 11) is 1.82. The lowest BCUT2D eigenvalue weighted by Crippen LogP contribution is -2.27. The molecule has 0 N–H and O–H groups in total. The van der Waals surface area contributed by atoms with E-state index in [2.05, 4.69) is 22.1 Å². The highest BCUT2D eigenvalue weighted by Gasteiger charge is 2.28. The molecule has 2 aromatic heterocycles. The van der Waals surface area contributed by atoms with Crippen LogP contribution in [-0.2, 0) is 22.9 Å². The molecular formula is C34H38F2N4O3. The Morgan fingerprint density at radius 3 is 2.58 bits per heavy atom. The molecule has 7 rings (SSSR count). The lowest BCUT2D eigenvalue weighted by molar-refractivity contribution is -0.0394. The molecule has 0 spiro atoms. The fraction of sp³-hybridized carbons (Fsp3) is 0.471. The second-order valence-electron chi connectivity index (χ2n) is 12.2. The van der Waals surface area contributed by atoms with Crippen LogP contribution >= 0.6 is 0 Å². The van der Waals surface area contributed by atoms with Gasteiger partial charge in [0.1, 0.15) is 6.23 Å². The normalized spacial score (nSPS) is 19.7. The summed E-state index contributed by atoms with van der Waals surface area (Å²) in [4.78, 5) is 15.2. The Morgan fingerprint density at radius 1 is 0.977 bits per heavy atom. The Bertz CT molecular complexity index is 1720. The predicted molar refractivity (Wildman–Crippen MR) is 164 cm³/mol. The number of hydrogen-bond acceptors (Lipinski definition) is 5. The summed E-state index contributed by atoms with van der Waals surface area (Å²) in [5, 5.41) is 5.46. The second kappa shape index (κ2) is 11.5.